The first-order chi connectivity index (χ1) is 9.36. The van der Waals surface area contributed by atoms with Gasteiger partial charge < -0.3 is 10.1 Å². The molecule has 0 spiro atoms. The number of hydrogen-bond donors (Lipinski definition) is 1. The van der Waals surface area contributed by atoms with Crippen molar-refractivity contribution in [2.45, 2.75) is 19.4 Å². The predicted octanol–water partition coefficient (Wildman–Crippen LogP) is 3.40. The minimum atomic E-state index is 0.852. The minimum Gasteiger partial charge on any atom is -0.493 e. The summed E-state index contributed by atoms with van der Waals surface area (Å²) in [6, 6.07) is 15.3. The summed E-state index contributed by atoms with van der Waals surface area (Å²) in [6.45, 7) is 1.77. The van der Waals surface area contributed by atoms with Crippen LogP contribution in [0.1, 0.15) is 17.5 Å². The lowest BCUT2D eigenvalue weighted by molar-refractivity contribution is 0.288. The van der Waals surface area contributed by atoms with Crippen molar-refractivity contribution in [3.63, 3.8) is 0 Å². The van der Waals surface area contributed by atoms with Crippen LogP contribution in [-0.4, -0.2) is 13.7 Å². The molecule has 1 aliphatic rings. The van der Waals surface area contributed by atoms with Crippen LogP contribution in [0, 0.1) is 0 Å². The first kappa shape index (κ1) is 12.2. The molecule has 0 aromatic heterocycles. The van der Waals surface area contributed by atoms with Crippen LogP contribution in [0.25, 0.3) is 11.1 Å². The van der Waals surface area contributed by atoms with Gasteiger partial charge in [-0.15, -0.1) is 0 Å². The zero-order valence-electron chi connectivity index (χ0n) is 11.3. The van der Waals surface area contributed by atoms with Gasteiger partial charge in [0.05, 0.1) is 6.61 Å². The second-order valence-corrected chi connectivity index (χ2v) is 5.00. The van der Waals surface area contributed by atoms with Crippen molar-refractivity contribution in [1.29, 1.82) is 0 Å². The predicted molar refractivity (Wildman–Crippen MR) is 78.5 cm³/mol. The van der Waals surface area contributed by atoms with Gasteiger partial charge in [0.1, 0.15) is 5.75 Å². The monoisotopic (exact) mass is 253 g/mol. The summed E-state index contributed by atoms with van der Waals surface area (Å²) in [5.41, 5.74) is 5.20. The fourth-order valence-electron chi connectivity index (χ4n) is 2.56. The third kappa shape index (κ3) is 2.64. The molecule has 1 N–H and O–H groups in total. The summed E-state index contributed by atoms with van der Waals surface area (Å²) in [5.74, 6) is 1.06. The number of ether oxygens (including phenoxy) is 1. The molecule has 0 saturated heterocycles. The highest BCUT2D eigenvalue weighted by Gasteiger charge is 2.11. The molecule has 2 nitrogen and oxygen atoms in total. The summed E-state index contributed by atoms with van der Waals surface area (Å²) in [6.07, 6.45) is 2.25. The van der Waals surface area contributed by atoms with Crippen LogP contribution < -0.4 is 10.1 Å². The van der Waals surface area contributed by atoms with E-state index in [-0.39, 0.29) is 0 Å². The molecule has 2 aromatic carbocycles. The SMILES string of the molecule is CNCc1ccc(-c2ccc3c(c2)CCCO3)cc1. The van der Waals surface area contributed by atoms with Crippen molar-refractivity contribution in [2.24, 2.45) is 0 Å². The van der Waals surface area contributed by atoms with Crippen LogP contribution in [0.15, 0.2) is 42.5 Å². The molecule has 1 heterocycles. The largest absolute Gasteiger partial charge is 0.493 e. The molecule has 1 aliphatic heterocycles. The van der Waals surface area contributed by atoms with E-state index >= 15 is 0 Å². The molecule has 98 valence electrons. The van der Waals surface area contributed by atoms with Crippen LogP contribution >= 0.6 is 0 Å². The fourth-order valence-corrected chi connectivity index (χ4v) is 2.56. The average molecular weight is 253 g/mol. The molecule has 19 heavy (non-hydrogen) atoms. The Morgan fingerprint density at radius 1 is 1.05 bits per heavy atom. The molecule has 0 saturated carbocycles. The van der Waals surface area contributed by atoms with Gasteiger partial charge in [-0.3, -0.25) is 0 Å². The fraction of sp³-hybridized carbons (Fsp3) is 0.294. The molecule has 0 unspecified atom stereocenters. The third-order valence-electron chi connectivity index (χ3n) is 3.58. The molecule has 2 aromatic rings. The van der Waals surface area contributed by atoms with Gasteiger partial charge in [-0.2, -0.15) is 0 Å². The van der Waals surface area contributed by atoms with E-state index in [2.05, 4.69) is 47.8 Å². The van der Waals surface area contributed by atoms with Crippen molar-refractivity contribution in [2.75, 3.05) is 13.7 Å². The average Bonchev–Trinajstić information content (AvgIpc) is 2.48. The first-order valence-corrected chi connectivity index (χ1v) is 6.86. The Balaban J connectivity index is 1.89. The van der Waals surface area contributed by atoms with Gasteiger partial charge in [0, 0.05) is 6.54 Å². The number of fused-ring (bicyclic) bond motifs is 1. The van der Waals surface area contributed by atoms with Crippen LogP contribution in [-0.2, 0) is 13.0 Å². The number of hydrogen-bond acceptors (Lipinski definition) is 2. The Hall–Kier alpha value is -1.80. The van der Waals surface area contributed by atoms with Crippen molar-refractivity contribution in [3.05, 3.63) is 53.6 Å². The Bertz CT molecular complexity index is 560. The summed E-state index contributed by atoms with van der Waals surface area (Å²) >= 11 is 0. The van der Waals surface area contributed by atoms with Gasteiger partial charge in [0.25, 0.3) is 0 Å². The summed E-state index contributed by atoms with van der Waals surface area (Å²) in [5, 5.41) is 3.17. The maximum atomic E-state index is 5.66. The van der Waals surface area contributed by atoms with E-state index in [1.807, 2.05) is 7.05 Å². The van der Waals surface area contributed by atoms with E-state index in [9.17, 15) is 0 Å². The molecule has 2 heteroatoms. The lowest BCUT2D eigenvalue weighted by Crippen LogP contribution is -2.08. The Morgan fingerprint density at radius 2 is 1.84 bits per heavy atom. The van der Waals surface area contributed by atoms with Crippen molar-refractivity contribution < 1.29 is 4.74 Å². The molecular formula is C17H19NO. The molecule has 0 radical (unpaired) electrons. The Labute approximate surface area is 114 Å². The van der Waals surface area contributed by atoms with E-state index in [1.54, 1.807) is 0 Å². The van der Waals surface area contributed by atoms with Gasteiger partial charge in [0.15, 0.2) is 0 Å². The number of aryl methyl sites for hydroxylation is 1. The number of rotatable bonds is 3. The van der Waals surface area contributed by atoms with E-state index in [4.69, 9.17) is 4.74 Å². The standard InChI is InChI=1S/C17H19NO/c1-18-12-13-4-6-14(7-5-13)15-8-9-17-16(11-15)3-2-10-19-17/h4-9,11,18H,2-3,10,12H2,1H3. The molecule has 0 bridgehead atoms. The second kappa shape index (κ2) is 5.45. The van der Waals surface area contributed by atoms with E-state index in [0.29, 0.717) is 0 Å². The lowest BCUT2D eigenvalue weighted by Gasteiger charge is -2.18. The van der Waals surface area contributed by atoms with Crippen LogP contribution in [0.3, 0.4) is 0 Å². The molecular weight excluding hydrogens is 234 g/mol. The second-order valence-electron chi connectivity index (χ2n) is 5.00. The molecule has 0 atom stereocenters. The molecule has 3 rings (SSSR count). The van der Waals surface area contributed by atoms with Gasteiger partial charge in [-0.25, -0.2) is 0 Å². The van der Waals surface area contributed by atoms with Crippen LogP contribution in [0.5, 0.6) is 5.75 Å². The highest BCUT2D eigenvalue weighted by molar-refractivity contribution is 5.66. The highest BCUT2D eigenvalue weighted by atomic mass is 16.5. The van der Waals surface area contributed by atoms with Crippen molar-refractivity contribution in [1.82, 2.24) is 5.32 Å². The Morgan fingerprint density at radius 3 is 2.63 bits per heavy atom. The Kier molecular flexibility index (Phi) is 3.51. The van der Waals surface area contributed by atoms with Gasteiger partial charge in [-0.05, 0) is 54.3 Å². The number of nitrogens with one attached hydrogen (secondary N) is 1. The van der Waals surface area contributed by atoms with E-state index < -0.39 is 0 Å². The minimum absolute atomic E-state index is 0.852. The smallest absolute Gasteiger partial charge is 0.122 e. The molecule has 0 aliphatic carbocycles. The zero-order valence-corrected chi connectivity index (χ0v) is 11.3. The maximum Gasteiger partial charge on any atom is 0.122 e. The topological polar surface area (TPSA) is 21.3 Å². The van der Waals surface area contributed by atoms with E-state index in [1.165, 1.54) is 22.3 Å². The molecule has 0 amide bonds. The summed E-state index contributed by atoms with van der Waals surface area (Å²) in [4.78, 5) is 0. The van der Waals surface area contributed by atoms with E-state index in [0.717, 1.165) is 31.7 Å². The van der Waals surface area contributed by atoms with Gasteiger partial charge in [0.2, 0.25) is 0 Å². The summed E-state index contributed by atoms with van der Waals surface area (Å²) < 4.78 is 5.66. The third-order valence-corrected chi connectivity index (χ3v) is 3.58. The van der Waals surface area contributed by atoms with Crippen LogP contribution in [0.2, 0.25) is 0 Å². The number of benzene rings is 2. The van der Waals surface area contributed by atoms with Gasteiger partial charge >= 0.3 is 0 Å². The quantitative estimate of drug-likeness (QED) is 0.905. The summed E-state index contributed by atoms with van der Waals surface area (Å²) in [7, 11) is 1.97. The molecule has 0 fully saturated rings. The maximum absolute atomic E-state index is 5.66. The van der Waals surface area contributed by atoms with Crippen molar-refractivity contribution in [3.8, 4) is 16.9 Å². The van der Waals surface area contributed by atoms with Crippen LogP contribution in [0.4, 0.5) is 0 Å². The normalized spacial score (nSPS) is 13.7. The zero-order chi connectivity index (χ0) is 13.1. The first-order valence-electron chi connectivity index (χ1n) is 6.86. The van der Waals surface area contributed by atoms with Gasteiger partial charge in [-0.1, -0.05) is 30.3 Å². The lowest BCUT2D eigenvalue weighted by atomic mass is 9.98. The van der Waals surface area contributed by atoms with Crippen molar-refractivity contribution >= 4 is 0 Å². The highest BCUT2D eigenvalue weighted by Crippen LogP contribution is 2.30.